The molecule has 1 saturated carbocycles. The molecule has 3 fully saturated rings. The molecule has 112 valence electrons. The van der Waals surface area contributed by atoms with Crippen molar-refractivity contribution in [2.24, 2.45) is 0 Å². The van der Waals surface area contributed by atoms with Crippen molar-refractivity contribution in [3.8, 4) is 0 Å². The average Bonchev–Trinajstić information content (AvgIpc) is 3.10. The van der Waals surface area contributed by atoms with Gasteiger partial charge in [0.25, 0.3) is 0 Å². The number of carbonyl (C=O) groups is 2. The Kier molecular flexibility index (Phi) is 3.73. The highest BCUT2D eigenvalue weighted by Crippen LogP contribution is 2.47. The SMILES string of the molecule is CCN(C(=O)C1CSC2(C)CCC(=O)N12)C1CCCC1. The molecule has 2 heterocycles. The molecule has 3 rings (SSSR count). The van der Waals surface area contributed by atoms with Gasteiger partial charge >= 0.3 is 0 Å². The number of thioether (sulfide) groups is 1. The first-order valence-corrected chi connectivity index (χ1v) is 8.82. The monoisotopic (exact) mass is 296 g/mol. The zero-order chi connectivity index (χ0) is 14.3. The standard InChI is InChI=1S/C15H24N2O2S/c1-3-16(11-6-4-5-7-11)14(19)12-10-20-15(2)9-8-13(18)17(12)15/h11-12H,3-10H2,1-2H3. The molecule has 2 atom stereocenters. The Hall–Kier alpha value is -0.710. The molecule has 5 heteroatoms. The molecule has 3 aliphatic rings. The molecule has 2 saturated heterocycles. The number of nitrogens with zero attached hydrogens (tertiary/aromatic N) is 2. The number of hydrogen-bond donors (Lipinski definition) is 0. The van der Waals surface area contributed by atoms with Gasteiger partial charge in [-0.15, -0.1) is 11.8 Å². The average molecular weight is 296 g/mol. The van der Waals surface area contributed by atoms with E-state index >= 15 is 0 Å². The van der Waals surface area contributed by atoms with Gasteiger partial charge in [0, 0.05) is 24.8 Å². The quantitative estimate of drug-likeness (QED) is 0.802. The summed E-state index contributed by atoms with van der Waals surface area (Å²) in [5.74, 6) is 1.12. The first-order valence-electron chi connectivity index (χ1n) is 7.83. The van der Waals surface area contributed by atoms with E-state index in [1.807, 2.05) is 9.80 Å². The summed E-state index contributed by atoms with van der Waals surface area (Å²) in [7, 11) is 0. The zero-order valence-electron chi connectivity index (χ0n) is 12.4. The minimum Gasteiger partial charge on any atom is -0.338 e. The first kappa shape index (κ1) is 14.2. The molecule has 4 nitrogen and oxygen atoms in total. The number of likely N-dealkylation sites (N-methyl/N-ethyl adjacent to an activating group) is 1. The van der Waals surface area contributed by atoms with Crippen LogP contribution in [0.2, 0.25) is 0 Å². The lowest BCUT2D eigenvalue weighted by Crippen LogP contribution is -2.53. The number of fused-ring (bicyclic) bond motifs is 1. The normalized spacial score (nSPS) is 33.8. The number of rotatable bonds is 3. The summed E-state index contributed by atoms with van der Waals surface area (Å²) in [6.07, 6.45) is 6.20. The molecule has 20 heavy (non-hydrogen) atoms. The third-order valence-electron chi connectivity index (χ3n) is 5.12. The molecular formula is C15H24N2O2S. The molecule has 0 bridgehead atoms. The van der Waals surface area contributed by atoms with E-state index in [-0.39, 0.29) is 22.7 Å². The topological polar surface area (TPSA) is 40.6 Å². The molecular weight excluding hydrogens is 272 g/mol. The maximum atomic E-state index is 12.9. The molecule has 2 aliphatic heterocycles. The highest BCUT2D eigenvalue weighted by atomic mass is 32.2. The molecule has 0 aromatic carbocycles. The van der Waals surface area contributed by atoms with Gasteiger partial charge in [-0.25, -0.2) is 0 Å². The minimum atomic E-state index is -0.222. The number of amides is 2. The summed E-state index contributed by atoms with van der Waals surface area (Å²) in [5.41, 5.74) is 0. The molecule has 0 N–H and O–H groups in total. The van der Waals surface area contributed by atoms with Crippen LogP contribution in [0.1, 0.15) is 52.4 Å². The van der Waals surface area contributed by atoms with Crippen molar-refractivity contribution >= 4 is 23.6 Å². The second-order valence-electron chi connectivity index (χ2n) is 6.33. The van der Waals surface area contributed by atoms with Crippen molar-refractivity contribution in [3.63, 3.8) is 0 Å². The van der Waals surface area contributed by atoms with Crippen molar-refractivity contribution in [1.29, 1.82) is 0 Å². The molecule has 2 amide bonds. The second kappa shape index (κ2) is 5.24. The van der Waals surface area contributed by atoms with Crippen molar-refractivity contribution in [2.45, 2.75) is 69.3 Å². The summed E-state index contributed by atoms with van der Waals surface area (Å²) in [6, 6.07) is 0.183. The van der Waals surface area contributed by atoms with Crippen LogP contribution in [0.5, 0.6) is 0 Å². The van der Waals surface area contributed by atoms with Crippen molar-refractivity contribution in [3.05, 3.63) is 0 Å². The van der Waals surface area contributed by atoms with E-state index in [0.29, 0.717) is 12.5 Å². The lowest BCUT2D eigenvalue weighted by molar-refractivity contribution is -0.145. The summed E-state index contributed by atoms with van der Waals surface area (Å²) in [4.78, 5) is 28.9. The van der Waals surface area contributed by atoms with E-state index in [1.54, 1.807) is 11.8 Å². The fourth-order valence-corrected chi connectivity index (χ4v) is 5.43. The second-order valence-corrected chi connectivity index (χ2v) is 7.83. The highest BCUT2D eigenvalue weighted by Gasteiger charge is 2.53. The van der Waals surface area contributed by atoms with Crippen LogP contribution < -0.4 is 0 Å². The van der Waals surface area contributed by atoms with Crippen LogP contribution in [0.3, 0.4) is 0 Å². The third-order valence-corrected chi connectivity index (χ3v) is 6.62. The van der Waals surface area contributed by atoms with E-state index in [4.69, 9.17) is 0 Å². The molecule has 2 unspecified atom stereocenters. The first-order chi connectivity index (χ1) is 9.57. The fraction of sp³-hybridized carbons (Fsp3) is 0.867. The molecule has 0 spiro atoms. The smallest absolute Gasteiger partial charge is 0.246 e. The van der Waals surface area contributed by atoms with Crippen molar-refractivity contribution in [2.75, 3.05) is 12.3 Å². The van der Waals surface area contributed by atoms with Gasteiger partial charge in [-0.3, -0.25) is 9.59 Å². The summed E-state index contributed by atoms with van der Waals surface area (Å²) in [5, 5.41) is 0. The lowest BCUT2D eigenvalue weighted by Gasteiger charge is -2.35. The Bertz CT molecular complexity index is 422. The predicted octanol–water partition coefficient (Wildman–Crippen LogP) is 2.23. The van der Waals surface area contributed by atoms with Gasteiger partial charge < -0.3 is 9.80 Å². The van der Waals surface area contributed by atoms with Crippen molar-refractivity contribution < 1.29 is 9.59 Å². The Morgan fingerprint density at radius 1 is 1.45 bits per heavy atom. The maximum absolute atomic E-state index is 12.9. The minimum absolute atomic E-state index is 0.132. The van der Waals surface area contributed by atoms with Crippen LogP contribution in [0.25, 0.3) is 0 Å². The van der Waals surface area contributed by atoms with Gasteiger partial charge in [-0.1, -0.05) is 12.8 Å². The summed E-state index contributed by atoms with van der Waals surface area (Å²) < 4.78 is 0. The van der Waals surface area contributed by atoms with E-state index in [2.05, 4.69) is 13.8 Å². The number of hydrogen-bond acceptors (Lipinski definition) is 3. The van der Waals surface area contributed by atoms with Crippen molar-refractivity contribution in [1.82, 2.24) is 9.80 Å². The summed E-state index contributed by atoms with van der Waals surface area (Å²) >= 11 is 1.78. The molecule has 0 radical (unpaired) electrons. The van der Waals surface area contributed by atoms with Crippen LogP contribution in [-0.2, 0) is 9.59 Å². The molecule has 0 aromatic heterocycles. The Labute approximate surface area is 125 Å². The van der Waals surface area contributed by atoms with Gasteiger partial charge in [0.2, 0.25) is 11.8 Å². The van der Waals surface area contributed by atoms with Gasteiger partial charge in [0.1, 0.15) is 6.04 Å². The van der Waals surface area contributed by atoms with Crippen LogP contribution in [-0.4, -0.2) is 50.9 Å². The third kappa shape index (κ3) is 2.14. The Morgan fingerprint density at radius 3 is 2.80 bits per heavy atom. The largest absolute Gasteiger partial charge is 0.338 e. The van der Waals surface area contributed by atoms with Gasteiger partial charge in [-0.05, 0) is 33.1 Å². The number of carbonyl (C=O) groups excluding carboxylic acids is 2. The van der Waals surface area contributed by atoms with Gasteiger partial charge in [0.05, 0.1) is 4.87 Å². The van der Waals surface area contributed by atoms with Gasteiger partial charge in [0.15, 0.2) is 0 Å². The Balaban J connectivity index is 1.78. The van der Waals surface area contributed by atoms with E-state index in [0.717, 1.165) is 31.6 Å². The van der Waals surface area contributed by atoms with E-state index in [9.17, 15) is 9.59 Å². The molecule has 1 aliphatic carbocycles. The van der Waals surface area contributed by atoms with Gasteiger partial charge in [-0.2, -0.15) is 0 Å². The van der Waals surface area contributed by atoms with Crippen LogP contribution >= 0.6 is 11.8 Å². The van der Waals surface area contributed by atoms with Crippen LogP contribution in [0, 0.1) is 0 Å². The molecule has 0 aromatic rings. The maximum Gasteiger partial charge on any atom is 0.246 e. The zero-order valence-corrected chi connectivity index (χ0v) is 13.2. The van der Waals surface area contributed by atoms with Crippen LogP contribution in [0.15, 0.2) is 0 Å². The van der Waals surface area contributed by atoms with E-state index < -0.39 is 0 Å². The highest BCUT2D eigenvalue weighted by molar-refractivity contribution is 8.01. The fourth-order valence-electron chi connectivity index (χ4n) is 4.00. The summed E-state index contributed by atoms with van der Waals surface area (Å²) in [6.45, 7) is 4.94. The Morgan fingerprint density at radius 2 is 2.15 bits per heavy atom. The van der Waals surface area contributed by atoms with E-state index in [1.165, 1.54) is 12.8 Å². The lowest BCUT2D eigenvalue weighted by atomic mass is 10.1. The predicted molar refractivity (Wildman–Crippen MR) is 80.4 cm³/mol. The van der Waals surface area contributed by atoms with Crippen LogP contribution in [0.4, 0.5) is 0 Å².